The fourth-order valence-corrected chi connectivity index (χ4v) is 8.92. The van der Waals surface area contributed by atoms with Gasteiger partial charge in [0, 0.05) is 47.6 Å². The third-order valence-corrected chi connectivity index (χ3v) is 11.7. The van der Waals surface area contributed by atoms with E-state index in [-0.39, 0.29) is 0 Å². The Morgan fingerprint density at radius 1 is 0.321 bits per heavy atom. The first kappa shape index (κ1) is 32.2. The average Bonchev–Trinajstić information content (AvgIpc) is 3.85. The van der Waals surface area contributed by atoms with Gasteiger partial charge in [0.05, 0.1) is 0 Å². The zero-order valence-corrected chi connectivity index (χ0v) is 30.9. The zero-order chi connectivity index (χ0) is 37.0. The van der Waals surface area contributed by atoms with Gasteiger partial charge >= 0.3 is 0 Å². The van der Waals surface area contributed by atoms with Gasteiger partial charge < -0.3 is 4.42 Å². The molecule has 0 spiro atoms. The van der Waals surface area contributed by atoms with Crippen LogP contribution in [0.25, 0.3) is 110 Å². The number of benzene rings is 8. The number of hydrogen-bond donors (Lipinski definition) is 0. The Kier molecular flexibility index (Phi) is 7.64. The van der Waals surface area contributed by atoms with Crippen molar-refractivity contribution < 1.29 is 4.42 Å². The first-order chi connectivity index (χ1) is 27.7. The van der Waals surface area contributed by atoms with Crippen LogP contribution in [-0.4, -0.2) is 15.0 Å². The molecular formula is C51H31N3OS. The molecule has 0 aliphatic carbocycles. The molecule has 0 N–H and O–H groups in total. The van der Waals surface area contributed by atoms with Gasteiger partial charge in [-0.25, -0.2) is 15.0 Å². The maximum Gasteiger partial charge on any atom is 0.164 e. The van der Waals surface area contributed by atoms with Gasteiger partial charge in [-0.1, -0.05) is 152 Å². The van der Waals surface area contributed by atoms with Gasteiger partial charge in [0.25, 0.3) is 0 Å². The van der Waals surface area contributed by atoms with Gasteiger partial charge in [-0.05, 0) is 69.8 Å². The Morgan fingerprint density at radius 3 is 1.66 bits per heavy atom. The monoisotopic (exact) mass is 733 g/mol. The maximum absolute atomic E-state index is 6.48. The molecule has 3 aromatic heterocycles. The lowest BCUT2D eigenvalue weighted by atomic mass is 9.97. The van der Waals surface area contributed by atoms with E-state index < -0.39 is 0 Å². The summed E-state index contributed by atoms with van der Waals surface area (Å²) in [6.45, 7) is 0. The maximum atomic E-state index is 6.48. The molecule has 11 aromatic rings. The summed E-state index contributed by atoms with van der Waals surface area (Å²) in [7, 11) is 0. The predicted molar refractivity (Wildman–Crippen MR) is 233 cm³/mol. The summed E-state index contributed by atoms with van der Waals surface area (Å²) in [5, 5.41) is 4.74. The molecule has 0 radical (unpaired) electrons. The molecule has 0 bridgehead atoms. The molecule has 0 saturated carbocycles. The van der Waals surface area contributed by atoms with Crippen molar-refractivity contribution in [3.8, 4) is 67.5 Å². The van der Waals surface area contributed by atoms with Crippen molar-refractivity contribution in [1.82, 2.24) is 15.0 Å². The van der Waals surface area contributed by atoms with E-state index in [1.54, 1.807) is 11.3 Å². The average molecular weight is 734 g/mol. The number of furan rings is 1. The van der Waals surface area contributed by atoms with Crippen LogP contribution in [0.4, 0.5) is 0 Å². The van der Waals surface area contributed by atoms with E-state index in [0.717, 1.165) is 55.3 Å². The molecule has 0 fully saturated rings. The molecule has 0 aliphatic rings. The predicted octanol–water partition coefficient (Wildman–Crippen LogP) is 14.1. The summed E-state index contributed by atoms with van der Waals surface area (Å²) >= 11 is 1.79. The number of fused-ring (bicyclic) bond motifs is 6. The van der Waals surface area contributed by atoms with Gasteiger partial charge in [0.15, 0.2) is 17.5 Å². The molecule has 0 atom stereocenters. The molecule has 11 rings (SSSR count). The fourth-order valence-electron chi connectivity index (χ4n) is 7.77. The van der Waals surface area contributed by atoms with Crippen molar-refractivity contribution in [2.45, 2.75) is 0 Å². The van der Waals surface area contributed by atoms with Gasteiger partial charge in [0.2, 0.25) is 0 Å². The van der Waals surface area contributed by atoms with Crippen molar-refractivity contribution in [3.05, 3.63) is 188 Å². The highest BCUT2D eigenvalue weighted by molar-refractivity contribution is 7.25. The summed E-state index contributed by atoms with van der Waals surface area (Å²) < 4.78 is 8.95. The molecule has 56 heavy (non-hydrogen) atoms. The third-order valence-electron chi connectivity index (χ3n) is 10.6. The van der Waals surface area contributed by atoms with E-state index >= 15 is 0 Å². The lowest BCUT2D eigenvalue weighted by molar-refractivity contribution is 0.669. The second-order valence-electron chi connectivity index (χ2n) is 14.0. The van der Waals surface area contributed by atoms with Crippen molar-refractivity contribution in [2.24, 2.45) is 0 Å². The largest absolute Gasteiger partial charge is 0.456 e. The van der Waals surface area contributed by atoms with Crippen LogP contribution in [0.15, 0.2) is 192 Å². The van der Waals surface area contributed by atoms with Crippen LogP contribution in [0, 0.1) is 0 Å². The molecule has 3 heterocycles. The second kappa shape index (κ2) is 13.3. The van der Waals surface area contributed by atoms with E-state index in [1.807, 2.05) is 18.2 Å². The van der Waals surface area contributed by atoms with Crippen molar-refractivity contribution >= 4 is 53.4 Å². The zero-order valence-electron chi connectivity index (χ0n) is 30.1. The third kappa shape index (κ3) is 5.65. The topological polar surface area (TPSA) is 51.8 Å². The Labute approximate surface area is 327 Å². The van der Waals surface area contributed by atoms with Crippen LogP contribution >= 0.6 is 11.3 Å². The van der Waals surface area contributed by atoms with Crippen molar-refractivity contribution in [3.63, 3.8) is 0 Å². The standard InChI is InChI=1S/C51H31N3OS/c1-3-11-32(12-4-1)33-21-23-35(24-22-33)49-52-50(54-51(53-49)39-26-27-42-41-17-7-8-20-46(41)56-47(42)31-39)38-16-9-15-36(29-38)37-25-28-43-45(30-37)55-44-19-10-18-40(48(43)44)34-13-5-2-6-14-34/h1-31H. The van der Waals surface area contributed by atoms with Crippen LogP contribution < -0.4 is 0 Å². The Balaban J connectivity index is 1.02. The molecule has 0 saturated heterocycles. The molecule has 0 aliphatic heterocycles. The summed E-state index contributed by atoms with van der Waals surface area (Å²) in [5.74, 6) is 1.89. The molecule has 262 valence electrons. The molecule has 0 unspecified atom stereocenters. The minimum atomic E-state index is 0.618. The quantitative estimate of drug-likeness (QED) is 0.171. The minimum Gasteiger partial charge on any atom is -0.456 e. The Morgan fingerprint density at radius 2 is 0.857 bits per heavy atom. The van der Waals surface area contributed by atoms with Crippen LogP contribution in [0.3, 0.4) is 0 Å². The highest BCUT2D eigenvalue weighted by Crippen LogP contribution is 2.40. The van der Waals surface area contributed by atoms with Crippen LogP contribution in [0.1, 0.15) is 0 Å². The molecular weight excluding hydrogens is 703 g/mol. The minimum absolute atomic E-state index is 0.618. The first-order valence-electron chi connectivity index (χ1n) is 18.7. The van der Waals surface area contributed by atoms with E-state index in [2.05, 4.69) is 170 Å². The SMILES string of the molecule is c1ccc(-c2ccc(-c3nc(-c4cccc(-c5ccc6c(c5)oc5cccc(-c7ccccc7)c56)c4)nc(-c4ccc5c(c4)sc4ccccc45)n3)cc2)cc1. The van der Waals surface area contributed by atoms with Crippen LogP contribution in [-0.2, 0) is 0 Å². The van der Waals surface area contributed by atoms with E-state index in [0.29, 0.717) is 17.5 Å². The molecule has 8 aromatic carbocycles. The highest BCUT2D eigenvalue weighted by atomic mass is 32.1. The fraction of sp³-hybridized carbons (Fsp3) is 0. The summed E-state index contributed by atoms with van der Waals surface area (Å²) in [4.78, 5) is 15.4. The van der Waals surface area contributed by atoms with Gasteiger partial charge in [-0.2, -0.15) is 0 Å². The first-order valence-corrected chi connectivity index (χ1v) is 19.5. The van der Waals surface area contributed by atoms with Crippen LogP contribution in [0.2, 0.25) is 0 Å². The normalized spacial score (nSPS) is 11.6. The number of aromatic nitrogens is 3. The number of hydrogen-bond acceptors (Lipinski definition) is 5. The van der Waals surface area contributed by atoms with Crippen molar-refractivity contribution in [1.29, 1.82) is 0 Å². The number of rotatable bonds is 6. The smallest absolute Gasteiger partial charge is 0.164 e. The number of thiophene rings is 1. The second-order valence-corrected chi connectivity index (χ2v) is 15.1. The molecule has 0 amide bonds. The Hall–Kier alpha value is -7.21. The number of nitrogens with zero attached hydrogens (tertiary/aromatic N) is 3. The van der Waals surface area contributed by atoms with E-state index in [1.165, 1.54) is 36.9 Å². The summed E-state index contributed by atoms with van der Waals surface area (Å²) in [5.41, 5.74) is 11.3. The van der Waals surface area contributed by atoms with Gasteiger partial charge in [-0.15, -0.1) is 11.3 Å². The highest BCUT2D eigenvalue weighted by Gasteiger charge is 2.17. The summed E-state index contributed by atoms with van der Waals surface area (Å²) in [6, 6.07) is 65.7. The summed E-state index contributed by atoms with van der Waals surface area (Å²) in [6.07, 6.45) is 0. The lowest BCUT2D eigenvalue weighted by Crippen LogP contribution is -2.00. The Bertz CT molecular complexity index is 3240. The van der Waals surface area contributed by atoms with Crippen molar-refractivity contribution in [2.75, 3.05) is 0 Å². The van der Waals surface area contributed by atoms with Crippen LogP contribution in [0.5, 0.6) is 0 Å². The van der Waals surface area contributed by atoms with Gasteiger partial charge in [-0.3, -0.25) is 0 Å². The van der Waals surface area contributed by atoms with E-state index in [9.17, 15) is 0 Å². The van der Waals surface area contributed by atoms with Gasteiger partial charge in [0.1, 0.15) is 11.2 Å². The molecule has 5 heteroatoms. The lowest BCUT2D eigenvalue weighted by Gasteiger charge is -2.10. The molecule has 4 nitrogen and oxygen atoms in total. The van der Waals surface area contributed by atoms with E-state index in [4.69, 9.17) is 19.4 Å².